The van der Waals surface area contributed by atoms with E-state index in [1.807, 2.05) is 6.26 Å². The zero-order valence-corrected chi connectivity index (χ0v) is 13.7. The number of halogens is 3. The topological polar surface area (TPSA) is 69.6 Å². The number of anilines is 1. The van der Waals surface area contributed by atoms with Gasteiger partial charge in [-0.2, -0.15) is 5.10 Å². The Morgan fingerprint density at radius 1 is 1.14 bits per heavy atom. The van der Waals surface area contributed by atoms with Gasteiger partial charge in [0.2, 0.25) is 0 Å². The normalized spacial score (nSPS) is 11.2. The predicted octanol–water partition coefficient (Wildman–Crippen LogP) is 4.08. The molecule has 2 aromatic heterocycles. The van der Waals surface area contributed by atoms with Crippen LogP contribution in [0.5, 0.6) is 0 Å². The molecule has 0 atom stereocenters. The molecule has 0 bridgehead atoms. The number of nitrogen functional groups attached to an aromatic ring is 1. The molecule has 0 aliphatic carbocycles. The lowest BCUT2D eigenvalue weighted by Crippen LogP contribution is -1.99. The lowest BCUT2D eigenvalue weighted by atomic mass is 10.3. The molecule has 0 aliphatic rings. The minimum Gasteiger partial charge on any atom is -0.383 e. The summed E-state index contributed by atoms with van der Waals surface area (Å²) >= 11 is 19.6. The second kappa shape index (κ2) is 5.53. The Hall–Kier alpha value is -1.21. The first-order valence-electron chi connectivity index (χ1n) is 5.71. The first-order chi connectivity index (χ1) is 10.0. The average Bonchev–Trinajstić information content (AvgIpc) is 2.84. The van der Waals surface area contributed by atoms with E-state index in [1.54, 1.807) is 16.8 Å². The van der Waals surface area contributed by atoms with Gasteiger partial charge in [0.25, 0.3) is 0 Å². The van der Waals surface area contributed by atoms with E-state index in [9.17, 15) is 0 Å². The molecular formula is C12H8Cl3N5S. The van der Waals surface area contributed by atoms with Gasteiger partial charge in [0.1, 0.15) is 17.2 Å². The maximum absolute atomic E-state index is 6.07. The standard InChI is InChI=1S/C12H8Cl3N5S/c1-21-12-8-10(16)17-4-18-11(8)20(19-12)5-2-6(13)9(15)7(14)3-5/h2-4H,1H3,(H2,16,17,18). The third-order valence-electron chi connectivity index (χ3n) is 2.87. The summed E-state index contributed by atoms with van der Waals surface area (Å²) in [6, 6.07) is 3.34. The summed E-state index contributed by atoms with van der Waals surface area (Å²) in [4.78, 5) is 8.24. The smallest absolute Gasteiger partial charge is 0.169 e. The number of nitrogens with two attached hydrogens (primary N) is 1. The van der Waals surface area contributed by atoms with E-state index in [1.165, 1.54) is 18.1 Å². The van der Waals surface area contributed by atoms with Crippen LogP contribution in [-0.4, -0.2) is 26.0 Å². The summed E-state index contributed by atoms with van der Waals surface area (Å²) < 4.78 is 1.62. The number of thioether (sulfide) groups is 1. The maximum Gasteiger partial charge on any atom is 0.169 e. The zero-order valence-electron chi connectivity index (χ0n) is 10.6. The summed E-state index contributed by atoms with van der Waals surface area (Å²) in [7, 11) is 0. The van der Waals surface area contributed by atoms with E-state index in [4.69, 9.17) is 40.5 Å². The van der Waals surface area contributed by atoms with Gasteiger partial charge < -0.3 is 5.73 Å². The number of rotatable bonds is 2. The number of fused-ring (bicyclic) bond motifs is 1. The number of hydrogen-bond donors (Lipinski definition) is 1. The van der Waals surface area contributed by atoms with Crippen LogP contribution in [0.4, 0.5) is 5.82 Å². The average molecular weight is 361 g/mol. The maximum atomic E-state index is 6.07. The van der Waals surface area contributed by atoms with Gasteiger partial charge in [0, 0.05) is 0 Å². The molecule has 1 aromatic carbocycles. The fraction of sp³-hybridized carbons (Fsp3) is 0.0833. The molecule has 0 spiro atoms. The molecule has 0 amide bonds. The Kier molecular flexibility index (Phi) is 3.88. The van der Waals surface area contributed by atoms with E-state index in [0.29, 0.717) is 37.6 Å². The lowest BCUT2D eigenvalue weighted by molar-refractivity contribution is 0.852. The van der Waals surface area contributed by atoms with E-state index in [2.05, 4.69) is 15.1 Å². The molecule has 9 heteroatoms. The number of benzene rings is 1. The van der Waals surface area contributed by atoms with Gasteiger partial charge in [0.05, 0.1) is 26.1 Å². The SMILES string of the molecule is CSc1nn(-c2cc(Cl)c(Cl)c(Cl)c2)c2ncnc(N)c12. The molecule has 0 saturated heterocycles. The highest BCUT2D eigenvalue weighted by Gasteiger charge is 2.17. The Morgan fingerprint density at radius 2 is 1.81 bits per heavy atom. The molecule has 0 aliphatic heterocycles. The van der Waals surface area contributed by atoms with Gasteiger partial charge in [0.15, 0.2) is 5.65 Å². The predicted molar refractivity (Wildman–Crippen MR) is 87.9 cm³/mol. The van der Waals surface area contributed by atoms with Gasteiger partial charge >= 0.3 is 0 Å². The Labute approximate surface area is 139 Å². The molecule has 0 fully saturated rings. The van der Waals surface area contributed by atoms with Crippen molar-refractivity contribution in [3.8, 4) is 5.69 Å². The van der Waals surface area contributed by atoms with Crippen molar-refractivity contribution in [1.29, 1.82) is 0 Å². The van der Waals surface area contributed by atoms with Crippen LogP contribution in [-0.2, 0) is 0 Å². The zero-order chi connectivity index (χ0) is 15.1. The van der Waals surface area contributed by atoms with Crippen molar-refractivity contribution in [2.24, 2.45) is 0 Å². The van der Waals surface area contributed by atoms with Gasteiger partial charge in [-0.3, -0.25) is 0 Å². The molecule has 0 unspecified atom stereocenters. The molecule has 21 heavy (non-hydrogen) atoms. The quantitative estimate of drug-likeness (QED) is 0.551. The molecule has 5 nitrogen and oxygen atoms in total. The Morgan fingerprint density at radius 3 is 2.43 bits per heavy atom. The second-order valence-electron chi connectivity index (χ2n) is 4.10. The summed E-state index contributed by atoms with van der Waals surface area (Å²) in [5, 5.41) is 6.91. The third kappa shape index (κ3) is 2.42. The second-order valence-corrected chi connectivity index (χ2v) is 6.09. The van der Waals surface area contributed by atoms with Gasteiger partial charge in [-0.15, -0.1) is 11.8 Å². The van der Waals surface area contributed by atoms with Gasteiger partial charge in [-0.05, 0) is 18.4 Å². The van der Waals surface area contributed by atoms with Crippen molar-refractivity contribution in [2.45, 2.75) is 5.03 Å². The third-order valence-corrected chi connectivity index (χ3v) is 4.74. The highest BCUT2D eigenvalue weighted by atomic mass is 35.5. The van der Waals surface area contributed by atoms with Crippen LogP contribution in [0.15, 0.2) is 23.5 Å². The van der Waals surface area contributed by atoms with Crippen LogP contribution in [0.25, 0.3) is 16.7 Å². The van der Waals surface area contributed by atoms with Gasteiger partial charge in [-0.1, -0.05) is 34.8 Å². The number of nitrogens with zero attached hydrogens (tertiary/aromatic N) is 4. The number of hydrogen-bond acceptors (Lipinski definition) is 5. The minimum atomic E-state index is 0.303. The van der Waals surface area contributed by atoms with Crippen LogP contribution in [0.1, 0.15) is 0 Å². The van der Waals surface area contributed by atoms with E-state index in [-0.39, 0.29) is 0 Å². The molecule has 2 N–H and O–H groups in total. The number of aromatic nitrogens is 4. The molecular weight excluding hydrogens is 353 g/mol. The monoisotopic (exact) mass is 359 g/mol. The fourth-order valence-electron chi connectivity index (χ4n) is 1.93. The summed E-state index contributed by atoms with van der Waals surface area (Å²) in [5.74, 6) is 0.377. The van der Waals surface area contributed by atoms with Crippen molar-refractivity contribution < 1.29 is 0 Å². The molecule has 0 radical (unpaired) electrons. The van der Waals surface area contributed by atoms with E-state index < -0.39 is 0 Å². The minimum absolute atomic E-state index is 0.303. The van der Waals surface area contributed by atoms with Crippen molar-refractivity contribution in [1.82, 2.24) is 19.7 Å². The molecule has 2 heterocycles. The Bertz CT molecular complexity index is 825. The van der Waals surface area contributed by atoms with Gasteiger partial charge in [-0.25, -0.2) is 14.6 Å². The van der Waals surface area contributed by atoms with Crippen molar-refractivity contribution in [2.75, 3.05) is 12.0 Å². The largest absolute Gasteiger partial charge is 0.383 e. The van der Waals surface area contributed by atoms with Crippen LogP contribution in [0.3, 0.4) is 0 Å². The molecule has 0 saturated carbocycles. The fourth-order valence-corrected chi connectivity index (χ4v) is 3.08. The van der Waals surface area contributed by atoms with Crippen LogP contribution in [0.2, 0.25) is 15.1 Å². The first-order valence-corrected chi connectivity index (χ1v) is 8.07. The van der Waals surface area contributed by atoms with Crippen molar-refractivity contribution >= 4 is 63.4 Å². The molecule has 108 valence electrons. The molecule has 3 aromatic rings. The van der Waals surface area contributed by atoms with Crippen LogP contribution >= 0.6 is 46.6 Å². The van der Waals surface area contributed by atoms with E-state index in [0.717, 1.165) is 5.03 Å². The van der Waals surface area contributed by atoms with Crippen molar-refractivity contribution in [3.63, 3.8) is 0 Å². The summed E-state index contributed by atoms with van der Waals surface area (Å²) in [6.07, 6.45) is 3.29. The lowest BCUT2D eigenvalue weighted by Gasteiger charge is -2.06. The van der Waals surface area contributed by atoms with E-state index >= 15 is 0 Å². The molecule has 3 rings (SSSR count). The highest BCUT2D eigenvalue weighted by Crippen LogP contribution is 2.35. The Balaban J connectivity index is 2.33. The summed E-state index contributed by atoms with van der Waals surface area (Å²) in [6.45, 7) is 0. The van der Waals surface area contributed by atoms with Crippen LogP contribution in [0, 0.1) is 0 Å². The van der Waals surface area contributed by atoms with Crippen LogP contribution < -0.4 is 5.73 Å². The first kappa shape index (κ1) is 14.7. The summed E-state index contributed by atoms with van der Waals surface area (Å²) in [5.41, 5.74) is 7.15. The van der Waals surface area contributed by atoms with Crippen molar-refractivity contribution in [3.05, 3.63) is 33.5 Å². The highest BCUT2D eigenvalue weighted by molar-refractivity contribution is 7.98.